The number of amides is 1. The Morgan fingerprint density at radius 2 is 1.73 bits per heavy atom. The average Bonchev–Trinajstić information content (AvgIpc) is 2.84. The van der Waals surface area contributed by atoms with E-state index in [0.717, 1.165) is 33.5 Å². The minimum absolute atomic E-state index is 0.0494. The van der Waals surface area contributed by atoms with Gasteiger partial charge in [-0.15, -0.1) is 0 Å². The molecule has 1 saturated heterocycles. The molecule has 2 heterocycles. The van der Waals surface area contributed by atoms with Crippen LogP contribution >= 0.6 is 0 Å². The summed E-state index contributed by atoms with van der Waals surface area (Å²) in [6, 6.07) is 16.3. The second-order valence-electron chi connectivity index (χ2n) is 7.91. The van der Waals surface area contributed by atoms with Crippen molar-refractivity contribution in [2.24, 2.45) is 0 Å². The lowest BCUT2D eigenvalue weighted by Crippen LogP contribution is -2.47. The molecule has 1 aliphatic rings. The standard InChI is InChI=1S/C24H27N5O4/c1-18-7-5-6-8-19(18)17-28-23(31)21(22(30)25-11-12-27-13-15-33-16-14-27)26-29(24(28)32)20-9-3-2-4-10-20/h2-10H,11-17H2,1H3,(H,25,30). The van der Waals surface area contributed by atoms with E-state index >= 15 is 0 Å². The van der Waals surface area contributed by atoms with Crippen molar-refractivity contribution in [3.8, 4) is 5.69 Å². The summed E-state index contributed by atoms with van der Waals surface area (Å²) in [6.45, 7) is 5.91. The molecule has 0 spiro atoms. The van der Waals surface area contributed by atoms with Gasteiger partial charge in [0.15, 0.2) is 0 Å². The first kappa shape index (κ1) is 22.6. The molecule has 1 amide bonds. The number of aromatic nitrogens is 3. The molecule has 9 nitrogen and oxygen atoms in total. The quantitative estimate of drug-likeness (QED) is 0.573. The van der Waals surface area contributed by atoms with Gasteiger partial charge in [-0.05, 0) is 30.2 Å². The van der Waals surface area contributed by atoms with Crippen LogP contribution in [0.4, 0.5) is 0 Å². The third-order valence-electron chi connectivity index (χ3n) is 5.68. The van der Waals surface area contributed by atoms with Gasteiger partial charge >= 0.3 is 5.69 Å². The van der Waals surface area contributed by atoms with Crippen LogP contribution in [0.5, 0.6) is 0 Å². The number of nitrogens with one attached hydrogen (secondary N) is 1. The van der Waals surface area contributed by atoms with E-state index < -0.39 is 17.2 Å². The summed E-state index contributed by atoms with van der Waals surface area (Å²) in [5, 5.41) is 6.93. The summed E-state index contributed by atoms with van der Waals surface area (Å²) >= 11 is 0. The van der Waals surface area contributed by atoms with Crippen molar-refractivity contribution in [3.63, 3.8) is 0 Å². The molecule has 0 saturated carbocycles. The molecule has 4 rings (SSSR count). The van der Waals surface area contributed by atoms with E-state index in [2.05, 4.69) is 15.3 Å². The molecule has 1 aromatic heterocycles. The molecule has 1 N–H and O–H groups in total. The Balaban J connectivity index is 1.67. The number of benzene rings is 2. The van der Waals surface area contributed by atoms with Crippen LogP contribution < -0.4 is 16.6 Å². The topological polar surface area (TPSA) is 98.5 Å². The van der Waals surface area contributed by atoms with Gasteiger partial charge in [0.25, 0.3) is 11.5 Å². The van der Waals surface area contributed by atoms with Crippen LogP contribution in [-0.2, 0) is 11.3 Å². The van der Waals surface area contributed by atoms with E-state index in [1.54, 1.807) is 24.3 Å². The molecular formula is C24H27N5O4. The van der Waals surface area contributed by atoms with E-state index in [1.807, 2.05) is 37.3 Å². The number of ether oxygens (including phenoxy) is 1. The monoisotopic (exact) mass is 449 g/mol. The Labute approximate surface area is 191 Å². The molecule has 0 atom stereocenters. The molecule has 1 aliphatic heterocycles. The molecule has 0 bridgehead atoms. The molecule has 2 aromatic carbocycles. The number of carbonyl (C=O) groups excluding carboxylic acids is 1. The van der Waals surface area contributed by atoms with Crippen LogP contribution in [0, 0.1) is 6.92 Å². The maximum Gasteiger partial charge on any atom is 0.352 e. The summed E-state index contributed by atoms with van der Waals surface area (Å²) in [7, 11) is 0. The van der Waals surface area contributed by atoms with Crippen LogP contribution in [0.15, 0.2) is 64.2 Å². The highest BCUT2D eigenvalue weighted by atomic mass is 16.5. The van der Waals surface area contributed by atoms with Gasteiger partial charge in [0, 0.05) is 26.2 Å². The second kappa shape index (κ2) is 10.4. The number of para-hydroxylation sites is 1. The van der Waals surface area contributed by atoms with E-state index in [9.17, 15) is 14.4 Å². The third-order valence-corrected chi connectivity index (χ3v) is 5.68. The van der Waals surface area contributed by atoms with Crippen LogP contribution in [0.3, 0.4) is 0 Å². The van der Waals surface area contributed by atoms with Gasteiger partial charge in [-0.3, -0.25) is 19.1 Å². The summed E-state index contributed by atoms with van der Waals surface area (Å²) in [4.78, 5) is 41.5. The number of rotatable bonds is 7. The molecule has 33 heavy (non-hydrogen) atoms. The number of aryl methyl sites for hydroxylation is 1. The van der Waals surface area contributed by atoms with E-state index in [4.69, 9.17) is 4.74 Å². The number of hydrogen-bond acceptors (Lipinski definition) is 6. The van der Waals surface area contributed by atoms with Crippen molar-refractivity contribution in [2.75, 3.05) is 39.4 Å². The fraction of sp³-hybridized carbons (Fsp3) is 0.333. The fourth-order valence-electron chi connectivity index (χ4n) is 3.73. The van der Waals surface area contributed by atoms with Crippen molar-refractivity contribution >= 4 is 5.91 Å². The molecule has 3 aromatic rings. The highest BCUT2D eigenvalue weighted by molar-refractivity contribution is 5.91. The lowest BCUT2D eigenvalue weighted by Gasteiger charge is -2.26. The maximum atomic E-state index is 13.2. The van der Waals surface area contributed by atoms with Gasteiger partial charge in [-0.25, -0.2) is 4.79 Å². The van der Waals surface area contributed by atoms with Gasteiger partial charge in [0.05, 0.1) is 25.4 Å². The third kappa shape index (κ3) is 5.27. The first-order valence-electron chi connectivity index (χ1n) is 11.0. The normalized spacial score (nSPS) is 14.2. The molecular weight excluding hydrogens is 422 g/mol. The minimum atomic E-state index is -0.709. The Bertz CT molecular complexity index is 1230. The second-order valence-corrected chi connectivity index (χ2v) is 7.91. The Morgan fingerprint density at radius 1 is 1.03 bits per heavy atom. The van der Waals surface area contributed by atoms with Crippen LogP contribution in [0.1, 0.15) is 21.6 Å². The molecule has 0 radical (unpaired) electrons. The molecule has 1 fully saturated rings. The zero-order valence-electron chi connectivity index (χ0n) is 18.6. The number of carbonyl (C=O) groups is 1. The predicted molar refractivity (Wildman–Crippen MR) is 124 cm³/mol. The van der Waals surface area contributed by atoms with Gasteiger partial charge < -0.3 is 10.1 Å². The van der Waals surface area contributed by atoms with Crippen LogP contribution in [0.25, 0.3) is 5.69 Å². The fourth-order valence-corrected chi connectivity index (χ4v) is 3.73. The van der Waals surface area contributed by atoms with E-state index in [1.165, 1.54) is 0 Å². The highest BCUT2D eigenvalue weighted by Crippen LogP contribution is 2.08. The average molecular weight is 450 g/mol. The first-order chi connectivity index (χ1) is 16.0. The van der Waals surface area contributed by atoms with Gasteiger partial charge in [0.2, 0.25) is 5.69 Å². The smallest absolute Gasteiger partial charge is 0.352 e. The SMILES string of the molecule is Cc1ccccc1Cn1c(=O)c(C(=O)NCCN2CCOCC2)nn(-c2ccccc2)c1=O. The number of hydrogen-bond donors (Lipinski definition) is 1. The van der Waals surface area contributed by atoms with Gasteiger partial charge in [0.1, 0.15) is 0 Å². The molecule has 9 heteroatoms. The van der Waals surface area contributed by atoms with Gasteiger partial charge in [-0.1, -0.05) is 42.5 Å². The predicted octanol–water partition coefficient (Wildman–Crippen LogP) is 0.813. The molecule has 0 unspecified atom stereocenters. The van der Waals surface area contributed by atoms with Gasteiger partial charge in [-0.2, -0.15) is 9.78 Å². The summed E-state index contributed by atoms with van der Waals surface area (Å²) < 4.78 is 7.51. The first-order valence-corrected chi connectivity index (χ1v) is 11.0. The summed E-state index contributed by atoms with van der Waals surface area (Å²) in [6.07, 6.45) is 0. The van der Waals surface area contributed by atoms with E-state index in [0.29, 0.717) is 32.0 Å². The zero-order chi connectivity index (χ0) is 23.2. The Morgan fingerprint density at radius 3 is 2.45 bits per heavy atom. The minimum Gasteiger partial charge on any atom is -0.379 e. The van der Waals surface area contributed by atoms with Crippen molar-refractivity contribution in [2.45, 2.75) is 13.5 Å². The van der Waals surface area contributed by atoms with Crippen LogP contribution in [0.2, 0.25) is 0 Å². The van der Waals surface area contributed by atoms with Crippen molar-refractivity contribution in [3.05, 3.63) is 92.3 Å². The largest absolute Gasteiger partial charge is 0.379 e. The lowest BCUT2D eigenvalue weighted by atomic mass is 10.1. The molecule has 0 aliphatic carbocycles. The lowest BCUT2D eigenvalue weighted by molar-refractivity contribution is 0.0383. The van der Waals surface area contributed by atoms with Crippen molar-refractivity contribution < 1.29 is 9.53 Å². The Kier molecular flexibility index (Phi) is 7.11. The maximum absolute atomic E-state index is 13.2. The highest BCUT2D eigenvalue weighted by Gasteiger charge is 2.21. The van der Waals surface area contributed by atoms with Crippen molar-refractivity contribution in [1.29, 1.82) is 0 Å². The van der Waals surface area contributed by atoms with E-state index in [-0.39, 0.29) is 12.2 Å². The van der Waals surface area contributed by atoms with Crippen LogP contribution in [-0.4, -0.2) is 64.5 Å². The zero-order valence-corrected chi connectivity index (χ0v) is 18.6. The summed E-state index contributed by atoms with van der Waals surface area (Å²) in [5.41, 5.74) is 0.626. The number of nitrogens with zero attached hydrogens (tertiary/aromatic N) is 4. The van der Waals surface area contributed by atoms with Crippen molar-refractivity contribution in [1.82, 2.24) is 24.6 Å². The Hall–Kier alpha value is -3.56. The molecule has 172 valence electrons. The number of morpholine rings is 1. The summed E-state index contributed by atoms with van der Waals surface area (Å²) in [5.74, 6) is -0.600.